The van der Waals surface area contributed by atoms with E-state index in [9.17, 15) is 9.90 Å². The molecule has 126 valence electrons. The molecule has 5 heteroatoms. The van der Waals surface area contributed by atoms with E-state index >= 15 is 0 Å². The van der Waals surface area contributed by atoms with Crippen molar-refractivity contribution in [3.05, 3.63) is 83.1 Å². The Morgan fingerprint density at radius 2 is 2.00 bits per heavy atom. The average Bonchev–Trinajstić information content (AvgIpc) is 3.03. The van der Waals surface area contributed by atoms with Gasteiger partial charge in [0.2, 0.25) is 0 Å². The molecule has 2 heterocycles. The lowest BCUT2D eigenvalue weighted by molar-refractivity contribution is 0.0727. The molecule has 0 spiro atoms. The van der Waals surface area contributed by atoms with Crippen LogP contribution in [0.25, 0.3) is 0 Å². The van der Waals surface area contributed by atoms with Crippen LogP contribution in [0.3, 0.4) is 0 Å². The highest BCUT2D eigenvalue weighted by molar-refractivity contribution is 5.94. The normalized spacial score (nSPS) is 13.5. The number of hydrogen-bond donors (Lipinski definition) is 1. The molecule has 0 bridgehead atoms. The highest BCUT2D eigenvalue weighted by atomic mass is 16.4. The molecular formula is C20H18N2O3. The highest BCUT2D eigenvalue weighted by Crippen LogP contribution is 2.23. The molecule has 0 saturated carbocycles. The van der Waals surface area contributed by atoms with Gasteiger partial charge < -0.3 is 14.4 Å². The van der Waals surface area contributed by atoms with Crippen molar-refractivity contribution >= 4 is 5.91 Å². The number of rotatable bonds is 3. The van der Waals surface area contributed by atoms with Crippen LogP contribution < -0.4 is 0 Å². The number of fused-ring (bicyclic) bond motifs is 1. The fraction of sp³-hybridized carbons (Fsp3) is 0.200. The van der Waals surface area contributed by atoms with Crippen molar-refractivity contribution in [1.82, 2.24) is 9.88 Å². The third-order valence-electron chi connectivity index (χ3n) is 4.35. The number of benzene rings is 2. The molecule has 0 saturated heterocycles. The molecule has 1 aromatic heterocycles. The van der Waals surface area contributed by atoms with Crippen molar-refractivity contribution in [1.29, 1.82) is 0 Å². The highest BCUT2D eigenvalue weighted by Gasteiger charge is 2.26. The van der Waals surface area contributed by atoms with E-state index in [2.05, 4.69) is 4.98 Å². The Hall–Kier alpha value is -3.08. The third kappa shape index (κ3) is 3.26. The quantitative estimate of drug-likeness (QED) is 0.799. The number of nitrogens with zero attached hydrogens (tertiary/aromatic N) is 2. The van der Waals surface area contributed by atoms with Crippen molar-refractivity contribution in [2.45, 2.75) is 19.4 Å². The van der Waals surface area contributed by atoms with Crippen molar-refractivity contribution < 1.29 is 14.3 Å². The number of phenols is 1. The maximum Gasteiger partial charge on any atom is 0.254 e. The van der Waals surface area contributed by atoms with Gasteiger partial charge >= 0.3 is 0 Å². The summed E-state index contributed by atoms with van der Waals surface area (Å²) in [6.07, 6.45) is 1.30. The lowest BCUT2D eigenvalue weighted by Gasteiger charge is -2.25. The second-order valence-corrected chi connectivity index (χ2v) is 6.17. The molecule has 1 aliphatic heterocycles. The minimum atomic E-state index is -0.103. The number of aromatic nitrogens is 1. The maximum atomic E-state index is 12.6. The standard InChI is InChI=1S/C20H18N2O3/c23-16-8-4-7-15(12-16)20(24)22-10-9-18-17(13-22)21-19(25-18)11-14-5-2-1-3-6-14/h1-8,12,23H,9-11,13H2. The molecule has 2 aromatic carbocycles. The summed E-state index contributed by atoms with van der Waals surface area (Å²) in [5, 5.41) is 9.56. The Bertz CT molecular complexity index is 902. The molecule has 0 unspecified atom stereocenters. The SMILES string of the molecule is O=C(c1cccc(O)c1)N1CCc2oc(Cc3ccccc3)nc2C1. The molecule has 1 N–H and O–H groups in total. The Kier molecular flexibility index (Phi) is 3.98. The van der Waals surface area contributed by atoms with Gasteiger partial charge in [0.1, 0.15) is 17.2 Å². The summed E-state index contributed by atoms with van der Waals surface area (Å²) in [4.78, 5) is 18.9. The first-order valence-corrected chi connectivity index (χ1v) is 8.29. The molecule has 3 aromatic rings. The van der Waals surface area contributed by atoms with E-state index in [4.69, 9.17) is 4.42 Å². The van der Waals surface area contributed by atoms with Gasteiger partial charge in [-0.05, 0) is 23.8 Å². The van der Waals surface area contributed by atoms with Crippen molar-refractivity contribution in [2.24, 2.45) is 0 Å². The number of carbonyl (C=O) groups excluding carboxylic acids is 1. The molecule has 0 fully saturated rings. The lowest BCUT2D eigenvalue weighted by Crippen LogP contribution is -2.35. The molecule has 1 aliphatic rings. The lowest BCUT2D eigenvalue weighted by atomic mass is 10.1. The summed E-state index contributed by atoms with van der Waals surface area (Å²) in [7, 11) is 0. The van der Waals surface area contributed by atoms with Gasteiger partial charge in [-0.25, -0.2) is 4.98 Å². The monoisotopic (exact) mass is 334 g/mol. The second kappa shape index (κ2) is 6.43. The van der Waals surface area contributed by atoms with Gasteiger partial charge in [0.05, 0.1) is 6.54 Å². The molecule has 5 nitrogen and oxygen atoms in total. The van der Waals surface area contributed by atoms with Gasteiger partial charge in [-0.2, -0.15) is 0 Å². The number of hydrogen-bond acceptors (Lipinski definition) is 4. The predicted molar refractivity (Wildman–Crippen MR) is 92.3 cm³/mol. The zero-order valence-electron chi connectivity index (χ0n) is 13.7. The van der Waals surface area contributed by atoms with Crippen LogP contribution in [0.4, 0.5) is 0 Å². The van der Waals surface area contributed by atoms with E-state index < -0.39 is 0 Å². The maximum absolute atomic E-state index is 12.6. The molecule has 4 rings (SSSR count). The number of carbonyl (C=O) groups is 1. The first-order valence-electron chi connectivity index (χ1n) is 8.29. The van der Waals surface area contributed by atoms with E-state index in [1.807, 2.05) is 30.3 Å². The Labute approximate surface area is 145 Å². The number of oxazole rings is 1. The van der Waals surface area contributed by atoms with Crippen LogP contribution in [0.5, 0.6) is 5.75 Å². The molecule has 25 heavy (non-hydrogen) atoms. The van der Waals surface area contributed by atoms with E-state index in [-0.39, 0.29) is 11.7 Å². The van der Waals surface area contributed by atoms with Gasteiger partial charge in [0, 0.05) is 24.9 Å². The van der Waals surface area contributed by atoms with Crippen LogP contribution in [-0.4, -0.2) is 27.4 Å². The van der Waals surface area contributed by atoms with Crippen LogP contribution >= 0.6 is 0 Å². The fourth-order valence-corrected chi connectivity index (χ4v) is 3.09. The number of phenolic OH excluding ortho intramolecular Hbond substituents is 1. The van der Waals surface area contributed by atoms with Gasteiger partial charge in [-0.3, -0.25) is 4.79 Å². The van der Waals surface area contributed by atoms with Crippen LogP contribution in [0.2, 0.25) is 0 Å². The number of amides is 1. The number of aromatic hydroxyl groups is 1. The first-order chi connectivity index (χ1) is 12.2. The summed E-state index contributed by atoms with van der Waals surface area (Å²) in [5.41, 5.74) is 2.45. The molecule has 1 amide bonds. The Balaban J connectivity index is 1.50. The van der Waals surface area contributed by atoms with E-state index in [1.165, 1.54) is 6.07 Å². The topological polar surface area (TPSA) is 66.6 Å². The Morgan fingerprint density at radius 3 is 2.80 bits per heavy atom. The summed E-state index contributed by atoms with van der Waals surface area (Å²) in [6, 6.07) is 16.5. The Morgan fingerprint density at radius 1 is 1.16 bits per heavy atom. The second-order valence-electron chi connectivity index (χ2n) is 6.17. The largest absolute Gasteiger partial charge is 0.508 e. The molecule has 0 atom stereocenters. The van der Waals surface area contributed by atoms with Gasteiger partial charge in [-0.15, -0.1) is 0 Å². The molecular weight excluding hydrogens is 316 g/mol. The van der Waals surface area contributed by atoms with Crippen molar-refractivity contribution in [3.63, 3.8) is 0 Å². The smallest absolute Gasteiger partial charge is 0.254 e. The summed E-state index contributed by atoms with van der Waals surface area (Å²) < 4.78 is 5.87. The van der Waals surface area contributed by atoms with Gasteiger partial charge in [-0.1, -0.05) is 36.4 Å². The van der Waals surface area contributed by atoms with E-state index in [0.717, 1.165) is 17.0 Å². The minimum Gasteiger partial charge on any atom is -0.508 e. The van der Waals surface area contributed by atoms with Crippen molar-refractivity contribution in [2.75, 3.05) is 6.54 Å². The summed E-state index contributed by atoms with van der Waals surface area (Å²) in [6.45, 7) is 1.02. The fourth-order valence-electron chi connectivity index (χ4n) is 3.09. The van der Waals surface area contributed by atoms with Crippen LogP contribution in [0, 0.1) is 0 Å². The molecule has 0 aliphatic carbocycles. The predicted octanol–water partition coefficient (Wildman–Crippen LogP) is 3.17. The van der Waals surface area contributed by atoms with Crippen LogP contribution in [-0.2, 0) is 19.4 Å². The van der Waals surface area contributed by atoms with Crippen molar-refractivity contribution in [3.8, 4) is 5.75 Å². The van der Waals surface area contributed by atoms with Crippen LogP contribution in [0.1, 0.15) is 33.3 Å². The van der Waals surface area contributed by atoms with Gasteiger partial charge in [0.25, 0.3) is 5.91 Å². The zero-order chi connectivity index (χ0) is 17.2. The van der Waals surface area contributed by atoms with E-state index in [0.29, 0.717) is 37.4 Å². The zero-order valence-corrected chi connectivity index (χ0v) is 13.7. The molecule has 0 radical (unpaired) electrons. The summed E-state index contributed by atoms with van der Waals surface area (Å²) >= 11 is 0. The minimum absolute atomic E-state index is 0.0927. The van der Waals surface area contributed by atoms with Gasteiger partial charge in [0.15, 0.2) is 5.89 Å². The summed E-state index contributed by atoms with van der Waals surface area (Å²) in [5.74, 6) is 1.54. The first kappa shape index (κ1) is 15.4. The average molecular weight is 334 g/mol. The van der Waals surface area contributed by atoms with E-state index in [1.54, 1.807) is 23.1 Å². The van der Waals surface area contributed by atoms with Crippen LogP contribution in [0.15, 0.2) is 59.0 Å². The third-order valence-corrected chi connectivity index (χ3v) is 4.35.